The van der Waals surface area contributed by atoms with Crippen LogP contribution in [-0.2, 0) is 4.79 Å². The zero-order valence-electron chi connectivity index (χ0n) is 8.62. The third-order valence-corrected chi connectivity index (χ3v) is 3.17. The predicted molar refractivity (Wildman–Crippen MR) is 52.8 cm³/mol. The van der Waals surface area contributed by atoms with Gasteiger partial charge >= 0.3 is 0 Å². The highest BCUT2D eigenvalue weighted by Crippen LogP contribution is 2.23. The Morgan fingerprint density at radius 2 is 2.43 bits per heavy atom. The molecule has 0 bridgehead atoms. The van der Waals surface area contributed by atoms with Gasteiger partial charge in [0.15, 0.2) is 0 Å². The number of rotatable bonds is 1. The number of aliphatic hydroxyl groups is 1. The Kier molecular flexibility index (Phi) is 2.49. The summed E-state index contributed by atoms with van der Waals surface area (Å²) in [5.41, 5.74) is -0.665. The number of β-amino-alcohol motifs (C(OH)–C–C–N with tert-alkyl or cyclic N) is 1. The number of nitrogens with zero attached hydrogens (tertiary/aromatic N) is 1. The smallest absolute Gasteiger partial charge is 0.227 e. The van der Waals surface area contributed by atoms with Gasteiger partial charge in [-0.1, -0.05) is 0 Å². The van der Waals surface area contributed by atoms with Crippen LogP contribution in [0.4, 0.5) is 0 Å². The molecule has 2 aliphatic heterocycles. The van der Waals surface area contributed by atoms with Crippen molar-refractivity contribution in [1.29, 1.82) is 0 Å². The van der Waals surface area contributed by atoms with Crippen molar-refractivity contribution in [2.75, 3.05) is 26.2 Å². The summed E-state index contributed by atoms with van der Waals surface area (Å²) in [6.07, 6.45) is 1.65. The zero-order chi connectivity index (χ0) is 10.2. The van der Waals surface area contributed by atoms with Gasteiger partial charge in [0.2, 0.25) is 5.91 Å². The van der Waals surface area contributed by atoms with Crippen molar-refractivity contribution in [3.05, 3.63) is 0 Å². The Balaban J connectivity index is 1.92. The average molecular weight is 198 g/mol. The molecule has 0 saturated carbocycles. The molecule has 0 aromatic heterocycles. The highest BCUT2D eigenvalue weighted by atomic mass is 16.3. The van der Waals surface area contributed by atoms with E-state index in [-0.39, 0.29) is 11.8 Å². The topological polar surface area (TPSA) is 52.6 Å². The van der Waals surface area contributed by atoms with E-state index in [9.17, 15) is 9.90 Å². The van der Waals surface area contributed by atoms with Crippen molar-refractivity contribution in [1.82, 2.24) is 10.2 Å². The lowest BCUT2D eigenvalue weighted by atomic mass is 10.1. The van der Waals surface area contributed by atoms with Gasteiger partial charge in [-0.05, 0) is 26.3 Å². The van der Waals surface area contributed by atoms with Gasteiger partial charge < -0.3 is 15.3 Å². The molecule has 80 valence electrons. The van der Waals surface area contributed by atoms with Crippen LogP contribution in [0.15, 0.2) is 0 Å². The number of amides is 1. The van der Waals surface area contributed by atoms with E-state index in [1.54, 1.807) is 11.8 Å². The number of nitrogens with one attached hydrogen (secondary N) is 1. The first-order valence-electron chi connectivity index (χ1n) is 5.30. The van der Waals surface area contributed by atoms with E-state index in [0.717, 1.165) is 19.5 Å². The molecule has 2 heterocycles. The molecule has 4 heteroatoms. The van der Waals surface area contributed by atoms with E-state index in [4.69, 9.17) is 0 Å². The first-order chi connectivity index (χ1) is 6.58. The highest BCUT2D eigenvalue weighted by molar-refractivity contribution is 5.79. The van der Waals surface area contributed by atoms with Gasteiger partial charge in [0, 0.05) is 19.6 Å². The van der Waals surface area contributed by atoms with Crippen LogP contribution in [0.1, 0.15) is 19.8 Å². The van der Waals surface area contributed by atoms with Crippen molar-refractivity contribution < 1.29 is 9.90 Å². The Labute approximate surface area is 84.3 Å². The summed E-state index contributed by atoms with van der Waals surface area (Å²) in [7, 11) is 0. The summed E-state index contributed by atoms with van der Waals surface area (Å²) >= 11 is 0. The second kappa shape index (κ2) is 3.51. The van der Waals surface area contributed by atoms with Crippen molar-refractivity contribution in [3.63, 3.8) is 0 Å². The maximum atomic E-state index is 11.9. The molecule has 2 saturated heterocycles. The van der Waals surface area contributed by atoms with E-state index in [0.29, 0.717) is 19.5 Å². The molecule has 0 spiro atoms. The molecule has 0 aliphatic carbocycles. The molecule has 2 N–H and O–H groups in total. The Bertz CT molecular complexity index is 234. The Morgan fingerprint density at radius 1 is 1.64 bits per heavy atom. The summed E-state index contributed by atoms with van der Waals surface area (Å²) in [4.78, 5) is 13.7. The first kappa shape index (κ1) is 9.93. The van der Waals surface area contributed by atoms with Gasteiger partial charge in [0.1, 0.15) is 0 Å². The molecule has 1 unspecified atom stereocenters. The van der Waals surface area contributed by atoms with E-state index < -0.39 is 5.60 Å². The predicted octanol–water partition coefficient (Wildman–Crippen LogP) is -0.421. The maximum absolute atomic E-state index is 11.9. The monoisotopic (exact) mass is 198 g/mol. The van der Waals surface area contributed by atoms with Gasteiger partial charge in [0.05, 0.1) is 11.5 Å². The van der Waals surface area contributed by atoms with E-state index in [2.05, 4.69) is 5.32 Å². The minimum Gasteiger partial charge on any atom is -0.388 e. The van der Waals surface area contributed by atoms with Gasteiger partial charge in [-0.25, -0.2) is 0 Å². The number of likely N-dealkylation sites (tertiary alicyclic amines) is 1. The molecule has 14 heavy (non-hydrogen) atoms. The molecule has 4 nitrogen and oxygen atoms in total. The fourth-order valence-electron chi connectivity index (χ4n) is 2.26. The van der Waals surface area contributed by atoms with E-state index in [1.807, 2.05) is 0 Å². The van der Waals surface area contributed by atoms with Gasteiger partial charge in [-0.3, -0.25) is 4.79 Å². The minimum atomic E-state index is -0.665. The van der Waals surface area contributed by atoms with E-state index >= 15 is 0 Å². The molecule has 2 aliphatic rings. The SMILES string of the molecule is CC1(O)CCN(C(=O)[C@H]2CCNC2)C1. The molecule has 0 aromatic rings. The fourth-order valence-corrected chi connectivity index (χ4v) is 2.26. The van der Waals surface area contributed by atoms with Crippen molar-refractivity contribution in [3.8, 4) is 0 Å². The fraction of sp³-hybridized carbons (Fsp3) is 0.900. The van der Waals surface area contributed by atoms with Crippen LogP contribution in [-0.4, -0.2) is 47.7 Å². The van der Waals surface area contributed by atoms with Crippen LogP contribution < -0.4 is 5.32 Å². The van der Waals surface area contributed by atoms with Crippen LogP contribution in [0.2, 0.25) is 0 Å². The maximum Gasteiger partial charge on any atom is 0.227 e. The van der Waals surface area contributed by atoms with Crippen LogP contribution in [0, 0.1) is 5.92 Å². The average Bonchev–Trinajstić information content (AvgIpc) is 2.72. The minimum absolute atomic E-state index is 0.142. The zero-order valence-corrected chi connectivity index (χ0v) is 8.62. The number of carbonyl (C=O) groups excluding carboxylic acids is 1. The summed E-state index contributed by atoms with van der Waals surface area (Å²) in [6, 6.07) is 0. The molecule has 0 radical (unpaired) electrons. The first-order valence-corrected chi connectivity index (χ1v) is 5.30. The van der Waals surface area contributed by atoms with Crippen LogP contribution in [0.3, 0.4) is 0 Å². The summed E-state index contributed by atoms with van der Waals surface area (Å²) in [5, 5.41) is 12.9. The lowest BCUT2D eigenvalue weighted by Gasteiger charge is -2.21. The van der Waals surface area contributed by atoms with Gasteiger partial charge in [-0.15, -0.1) is 0 Å². The summed E-state index contributed by atoms with van der Waals surface area (Å²) < 4.78 is 0. The molecular formula is C10H18N2O2. The van der Waals surface area contributed by atoms with Crippen molar-refractivity contribution in [2.24, 2.45) is 5.92 Å². The van der Waals surface area contributed by atoms with Crippen molar-refractivity contribution in [2.45, 2.75) is 25.4 Å². The molecular weight excluding hydrogens is 180 g/mol. The van der Waals surface area contributed by atoms with Gasteiger partial charge in [-0.2, -0.15) is 0 Å². The van der Waals surface area contributed by atoms with Crippen molar-refractivity contribution >= 4 is 5.91 Å². The van der Waals surface area contributed by atoms with Crippen LogP contribution in [0.25, 0.3) is 0 Å². The third-order valence-electron chi connectivity index (χ3n) is 3.17. The molecule has 2 fully saturated rings. The number of carbonyl (C=O) groups is 1. The normalized spacial score (nSPS) is 37.9. The molecule has 0 aromatic carbocycles. The van der Waals surface area contributed by atoms with E-state index in [1.165, 1.54) is 0 Å². The number of hydrogen-bond acceptors (Lipinski definition) is 3. The van der Waals surface area contributed by atoms with Gasteiger partial charge in [0.25, 0.3) is 0 Å². The Morgan fingerprint density at radius 3 is 2.93 bits per heavy atom. The molecule has 2 rings (SSSR count). The number of hydrogen-bond donors (Lipinski definition) is 2. The standard InChI is InChI=1S/C10H18N2O2/c1-10(14)3-5-12(7-10)9(13)8-2-4-11-6-8/h8,11,14H,2-7H2,1H3/t8-,10?/m0/s1. The Hall–Kier alpha value is -0.610. The van der Waals surface area contributed by atoms with Crippen LogP contribution >= 0.6 is 0 Å². The quantitative estimate of drug-likeness (QED) is 0.601. The molecule has 1 amide bonds. The second-order valence-corrected chi connectivity index (χ2v) is 4.70. The third kappa shape index (κ3) is 1.91. The lowest BCUT2D eigenvalue weighted by molar-refractivity contribution is -0.134. The molecule has 2 atom stereocenters. The second-order valence-electron chi connectivity index (χ2n) is 4.70. The largest absolute Gasteiger partial charge is 0.388 e. The summed E-state index contributed by atoms with van der Waals surface area (Å²) in [5.74, 6) is 0.358. The summed E-state index contributed by atoms with van der Waals surface area (Å²) in [6.45, 7) is 4.76. The lowest BCUT2D eigenvalue weighted by Crippen LogP contribution is -2.38. The highest BCUT2D eigenvalue weighted by Gasteiger charge is 2.36. The van der Waals surface area contributed by atoms with Crippen LogP contribution in [0.5, 0.6) is 0 Å².